The number of ether oxygens (including phenoxy) is 2. The molecule has 1 aromatic carbocycles. The summed E-state index contributed by atoms with van der Waals surface area (Å²) in [6, 6.07) is 5.28. The predicted molar refractivity (Wildman–Crippen MR) is 73.3 cm³/mol. The van der Waals surface area contributed by atoms with Crippen LogP contribution < -0.4 is 14.8 Å². The lowest BCUT2D eigenvalue weighted by atomic mass is 10.2. The number of benzene rings is 1. The zero-order chi connectivity index (χ0) is 13.9. The maximum atomic E-state index is 11.9. The van der Waals surface area contributed by atoms with Crippen molar-refractivity contribution in [1.29, 1.82) is 0 Å². The maximum absolute atomic E-state index is 11.9. The summed E-state index contributed by atoms with van der Waals surface area (Å²) in [6.45, 7) is 1.15. The number of aromatic nitrogens is 2. The number of rotatable bonds is 3. The lowest BCUT2D eigenvalue weighted by molar-refractivity contribution is -0.116. The molecule has 2 heterocycles. The van der Waals surface area contributed by atoms with Crippen LogP contribution in [0.5, 0.6) is 11.5 Å². The van der Waals surface area contributed by atoms with Crippen LogP contribution in [0.4, 0.5) is 5.69 Å². The molecule has 1 N–H and O–H groups in total. The summed E-state index contributed by atoms with van der Waals surface area (Å²) in [5.74, 6) is 1.13. The Kier molecular flexibility index (Phi) is 3.47. The van der Waals surface area contributed by atoms with Crippen LogP contribution in [0.1, 0.15) is 0 Å². The van der Waals surface area contributed by atoms with Gasteiger partial charge in [-0.2, -0.15) is 5.10 Å². The Labute approximate surface area is 120 Å². The molecule has 0 saturated carbocycles. The highest BCUT2D eigenvalue weighted by Crippen LogP contribution is 2.32. The van der Waals surface area contributed by atoms with Crippen LogP contribution in [-0.4, -0.2) is 28.9 Å². The van der Waals surface area contributed by atoms with Crippen LogP contribution in [-0.2, 0) is 11.3 Å². The lowest BCUT2D eigenvalue weighted by Crippen LogP contribution is -2.19. The van der Waals surface area contributed by atoms with E-state index in [1.165, 1.54) is 10.9 Å². The minimum atomic E-state index is -0.193. The molecule has 7 heteroatoms. The number of hydrogen-bond acceptors (Lipinski definition) is 4. The summed E-state index contributed by atoms with van der Waals surface area (Å²) in [4.78, 5) is 11.9. The number of hydrogen-bond donors (Lipinski definition) is 1. The first kappa shape index (κ1) is 12.8. The van der Waals surface area contributed by atoms with E-state index in [0.29, 0.717) is 35.4 Å². The Morgan fingerprint density at radius 3 is 2.90 bits per heavy atom. The second-order valence-corrected chi connectivity index (χ2v) is 4.70. The van der Waals surface area contributed by atoms with E-state index in [1.54, 1.807) is 24.4 Å². The minimum absolute atomic E-state index is 0.0984. The van der Waals surface area contributed by atoms with E-state index in [9.17, 15) is 4.79 Å². The van der Waals surface area contributed by atoms with Crippen LogP contribution in [0.2, 0.25) is 5.02 Å². The highest BCUT2D eigenvalue weighted by Gasteiger charge is 2.13. The van der Waals surface area contributed by atoms with Gasteiger partial charge in [-0.05, 0) is 12.1 Å². The molecule has 0 fully saturated rings. The van der Waals surface area contributed by atoms with Crippen molar-refractivity contribution in [2.45, 2.75) is 6.54 Å². The van der Waals surface area contributed by atoms with E-state index in [0.717, 1.165) is 0 Å². The number of carbonyl (C=O) groups excluding carboxylic acids is 1. The zero-order valence-electron chi connectivity index (χ0n) is 10.5. The molecule has 2 aromatic rings. The smallest absolute Gasteiger partial charge is 0.246 e. The van der Waals surface area contributed by atoms with Crippen molar-refractivity contribution in [1.82, 2.24) is 9.78 Å². The Bertz CT molecular complexity index is 642. The molecule has 0 bridgehead atoms. The van der Waals surface area contributed by atoms with Crippen molar-refractivity contribution in [3.05, 3.63) is 35.6 Å². The van der Waals surface area contributed by atoms with Crippen LogP contribution in [0.25, 0.3) is 0 Å². The molecule has 1 aliphatic heterocycles. The second kappa shape index (κ2) is 5.42. The summed E-state index contributed by atoms with van der Waals surface area (Å²) >= 11 is 5.74. The molecule has 1 aromatic heterocycles. The Balaban J connectivity index is 1.66. The van der Waals surface area contributed by atoms with Gasteiger partial charge in [0.15, 0.2) is 11.5 Å². The molecule has 0 aliphatic carbocycles. The van der Waals surface area contributed by atoms with Crippen LogP contribution >= 0.6 is 11.6 Å². The molecule has 3 rings (SSSR count). The molecule has 1 aliphatic rings. The molecule has 104 valence electrons. The number of amides is 1. The molecule has 0 spiro atoms. The van der Waals surface area contributed by atoms with Crippen molar-refractivity contribution in [3.8, 4) is 11.5 Å². The van der Waals surface area contributed by atoms with E-state index >= 15 is 0 Å². The molecule has 20 heavy (non-hydrogen) atoms. The van der Waals surface area contributed by atoms with Gasteiger partial charge in [0.25, 0.3) is 0 Å². The topological polar surface area (TPSA) is 65.4 Å². The molecule has 1 amide bonds. The van der Waals surface area contributed by atoms with E-state index in [4.69, 9.17) is 21.1 Å². The molecule has 0 atom stereocenters. The monoisotopic (exact) mass is 293 g/mol. The van der Waals surface area contributed by atoms with Gasteiger partial charge in [-0.1, -0.05) is 11.6 Å². The first-order valence-corrected chi connectivity index (χ1v) is 6.46. The number of nitrogens with zero attached hydrogens (tertiary/aromatic N) is 2. The molecular weight excluding hydrogens is 282 g/mol. The normalized spacial score (nSPS) is 13.1. The quantitative estimate of drug-likeness (QED) is 0.939. The maximum Gasteiger partial charge on any atom is 0.246 e. The lowest BCUT2D eigenvalue weighted by Gasteiger charge is -2.19. The van der Waals surface area contributed by atoms with Gasteiger partial charge in [0.2, 0.25) is 5.91 Å². The van der Waals surface area contributed by atoms with Crippen LogP contribution in [0.3, 0.4) is 0 Å². The molecule has 6 nitrogen and oxygen atoms in total. The van der Waals surface area contributed by atoms with Gasteiger partial charge in [-0.3, -0.25) is 9.48 Å². The van der Waals surface area contributed by atoms with Crippen molar-refractivity contribution >= 4 is 23.2 Å². The highest BCUT2D eigenvalue weighted by atomic mass is 35.5. The largest absolute Gasteiger partial charge is 0.486 e. The Morgan fingerprint density at radius 1 is 1.35 bits per heavy atom. The summed E-state index contributed by atoms with van der Waals surface area (Å²) < 4.78 is 12.3. The number of anilines is 1. The number of fused-ring (bicyclic) bond motifs is 1. The summed E-state index contributed by atoms with van der Waals surface area (Å²) in [5.41, 5.74) is 0.650. The van der Waals surface area contributed by atoms with Crippen LogP contribution in [0, 0.1) is 0 Å². The van der Waals surface area contributed by atoms with Gasteiger partial charge in [-0.25, -0.2) is 0 Å². The third-order valence-corrected chi connectivity index (χ3v) is 2.93. The number of carbonyl (C=O) groups is 1. The third kappa shape index (κ3) is 2.85. The molecule has 0 radical (unpaired) electrons. The summed E-state index contributed by atoms with van der Waals surface area (Å²) in [7, 11) is 0. The fourth-order valence-corrected chi connectivity index (χ4v) is 2.05. The Hall–Kier alpha value is -2.21. The number of halogens is 1. The van der Waals surface area contributed by atoms with Crippen molar-refractivity contribution in [3.63, 3.8) is 0 Å². The average molecular weight is 294 g/mol. The first-order chi connectivity index (χ1) is 9.70. The van der Waals surface area contributed by atoms with Gasteiger partial charge in [0, 0.05) is 18.0 Å². The molecular formula is C13H12ClN3O3. The fraction of sp³-hybridized carbons (Fsp3) is 0.231. The molecule has 0 saturated heterocycles. The average Bonchev–Trinajstić information content (AvgIpc) is 2.83. The zero-order valence-corrected chi connectivity index (χ0v) is 11.3. The van der Waals surface area contributed by atoms with E-state index in [2.05, 4.69) is 10.4 Å². The van der Waals surface area contributed by atoms with Crippen molar-refractivity contribution < 1.29 is 14.3 Å². The highest BCUT2D eigenvalue weighted by molar-refractivity contribution is 6.30. The standard InChI is InChI=1S/C13H12ClN3O3/c14-9-6-15-17(7-9)8-13(18)16-10-1-2-11-12(5-10)20-4-3-19-11/h1-2,5-7H,3-4,8H2,(H,16,18). The minimum Gasteiger partial charge on any atom is -0.486 e. The van der Waals surface area contributed by atoms with Gasteiger partial charge in [0.1, 0.15) is 19.8 Å². The summed E-state index contributed by atoms with van der Waals surface area (Å²) in [5, 5.41) is 7.22. The van der Waals surface area contributed by atoms with E-state index in [-0.39, 0.29) is 12.5 Å². The summed E-state index contributed by atoms with van der Waals surface area (Å²) in [6.07, 6.45) is 3.07. The fourth-order valence-electron chi connectivity index (χ4n) is 1.89. The SMILES string of the molecule is O=C(Cn1cc(Cl)cn1)Nc1ccc2c(c1)OCCO2. The van der Waals surface area contributed by atoms with Crippen molar-refractivity contribution in [2.75, 3.05) is 18.5 Å². The van der Waals surface area contributed by atoms with Gasteiger partial charge in [-0.15, -0.1) is 0 Å². The van der Waals surface area contributed by atoms with E-state index in [1.807, 2.05) is 0 Å². The third-order valence-electron chi connectivity index (χ3n) is 2.73. The Morgan fingerprint density at radius 2 is 2.15 bits per heavy atom. The second-order valence-electron chi connectivity index (χ2n) is 4.26. The van der Waals surface area contributed by atoms with Gasteiger partial charge < -0.3 is 14.8 Å². The number of nitrogens with one attached hydrogen (secondary N) is 1. The first-order valence-electron chi connectivity index (χ1n) is 6.08. The molecule has 0 unspecified atom stereocenters. The van der Waals surface area contributed by atoms with Gasteiger partial charge in [0.05, 0.1) is 11.2 Å². The van der Waals surface area contributed by atoms with Crippen molar-refractivity contribution in [2.24, 2.45) is 0 Å². The van der Waals surface area contributed by atoms with Crippen LogP contribution in [0.15, 0.2) is 30.6 Å². The van der Waals surface area contributed by atoms with Gasteiger partial charge >= 0.3 is 0 Å². The predicted octanol–water partition coefficient (Wildman–Crippen LogP) is 1.95. The van der Waals surface area contributed by atoms with E-state index < -0.39 is 0 Å².